The first-order valence-electron chi connectivity index (χ1n) is 4.61. The number of rotatable bonds is 4. The van der Waals surface area contributed by atoms with Crippen molar-refractivity contribution in [1.29, 1.82) is 0 Å². The lowest BCUT2D eigenvalue weighted by molar-refractivity contribution is 0.0992. The summed E-state index contributed by atoms with van der Waals surface area (Å²) in [6.45, 7) is 1.68. The maximum Gasteiger partial charge on any atom is 0.263 e. The van der Waals surface area contributed by atoms with E-state index in [4.69, 9.17) is 0 Å². The summed E-state index contributed by atoms with van der Waals surface area (Å²) in [7, 11) is 0. The third kappa shape index (κ3) is 3.04. The monoisotopic (exact) mass is 308 g/mol. The van der Waals surface area contributed by atoms with Crippen molar-refractivity contribution in [2.24, 2.45) is 0 Å². The number of hydrogen-bond acceptors (Lipinski definition) is 2. The van der Waals surface area contributed by atoms with E-state index in [1.165, 1.54) is 23.9 Å². The van der Waals surface area contributed by atoms with Crippen molar-refractivity contribution in [1.82, 2.24) is 0 Å². The minimum absolute atomic E-state index is 0.116. The highest BCUT2D eigenvalue weighted by Gasteiger charge is 2.18. The summed E-state index contributed by atoms with van der Waals surface area (Å²) in [6.07, 6.45) is -0.736. The van der Waals surface area contributed by atoms with E-state index in [1.807, 2.05) is 6.26 Å². The minimum Gasteiger partial charge on any atom is -0.293 e. The van der Waals surface area contributed by atoms with Crippen LogP contribution in [0.25, 0.3) is 0 Å². The average Bonchev–Trinajstić information content (AvgIpc) is 2.26. The highest BCUT2D eigenvalue weighted by Crippen LogP contribution is 2.28. The van der Waals surface area contributed by atoms with Gasteiger partial charge in [0, 0.05) is 16.0 Å². The predicted octanol–water partition coefficient (Wildman–Crippen LogP) is 4.31. The molecule has 0 spiro atoms. The molecule has 0 bridgehead atoms. The molecule has 88 valence electrons. The van der Waals surface area contributed by atoms with Crippen LogP contribution in [0, 0.1) is 0 Å². The number of ketones is 1. The maximum absolute atomic E-state index is 12.5. The van der Waals surface area contributed by atoms with Crippen molar-refractivity contribution in [3.63, 3.8) is 0 Å². The quantitative estimate of drug-likeness (QED) is 0.468. The van der Waals surface area contributed by atoms with E-state index in [9.17, 15) is 13.6 Å². The number of Topliss-reactive ketones (excluding diaryl/α,β-unsaturated/α-hetero) is 1. The summed E-state index contributed by atoms with van der Waals surface area (Å²) < 4.78 is 25.0. The van der Waals surface area contributed by atoms with Crippen LogP contribution < -0.4 is 0 Å². The molecule has 0 aliphatic rings. The molecule has 0 fully saturated rings. The molecule has 1 aromatic rings. The number of carbonyl (C=O) groups excluding carboxylic acids is 1. The van der Waals surface area contributed by atoms with Gasteiger partial charge in [-0.15, -0.1) is 11.8 Å². The Morgan fingerprint density at radius 2 is 2.06 bits per heavy atom. The van der Waals surface area contributed by atoms with Crippen molar-refractivity contribution in [2.75, 3.05) is 6.26 Å². The molecule has 1 nitrogen and oxygen atoms in total. The second-order valence-electron chi connectivity index (χ2n) is 3.24. The molecule has 1 aromatic carbocycles. The third-order valence-electron chi connectivity index (χ3n) is 2.10. The Hall–Kier alpha value is -0.420. The maximum atomic E-state index is 12.5. The molecule has 1 rings (SSSR count). The van der Waals surface area contributed by atoms with Crippen LogP contribution in [-0.2, 0) is 0 Å². The summed E-state index contributed by atoms with van der Waals surface area (Å²) in [5.74, 6) is -0.174. The topological polar surface area (TPSA) is 17.1 Å². The first-order chi connectivity index (χ1) is 7.47. The normalized spacial score (nSPS) is 12.9. The smallest absolute Gasteiger partial charge is 0.263 e. The average molecular weight is 309 g/mol. The summed E-state index contributed by atoms with van der Waals surface area (Å²) in [5, 5.41) is 0. The highest BCUT2D eigenvalue weighted by molar-refractivity contribution is 9.10. The summed E-state index contributed by atoms with van der Waals surface area (Å²) in [5.41, 5.74) is 0.240. The van der Waals surface area contributed by atoms with Crippen LogP contribution in [0.5, 0.6) is 0 Å². The Labute approximate surface area is 106 Å². The van der Waals surface area contributed by atoms with E-state index in [0.29, 0.717) is 5.56 Å². The Morgan fingerprint density at radius 1 is 1.44 bits per heavy atom. The van der Waals surface area contributed by atoms with E-state index in [0.717, 1.165) is 4.90 Å². The zero-order chi connectivity index (χ0) is 12.3. The van der Waals surface area contributed by atoms with Crippen molar-refractivity contribution in [2.45, 2.75) is 23.1 Å². The fourth-order valence-corrected chi connectivity index (χ4v) is 2.10. The second kappa shape index (κ2) is 5.77. The molecule has 0 N–H and O–H groups in total. The minimum atomic E-state index is -2.55. The highest BCUT2D eigenvalue weighted by atomic mass is 79.9. The second-order valence-corrected chi connectivity index (χ2v) is 5.46. The molecule has 0 amide bonds. The lowest BCUT2D eigenvalue weighted by Gasteiger charge is -2.10. The van der Waals surface area contributed by atoms with Gasteiger partial charge in [-0.05, 0) is 25.3 Å². The van der Waals surface area contributed by atoms with Gasteiger partial charge in [0.1, 0.15) is 0 Å². The van der Waals surface area contributed by atoms with Crippen LogP contribution in [0.1, 0.15) is 29.3 Å². The number of hydrogen-bond donors (Lipinski definition) is 0. The standard InChI is InChI=1S/C11H11BrF2OS/c1-6(12)10(15)8-5-7(11(13)14)3-4-9(8)16-2/h3-6,11H,1-2H3. The van der Waals surface area contributed by atoms with E-state index < -0.39 is 6.43 Å². The molecule has 1 atom stereocenters. The number of alkyl halides is 3. The van der Waals surface area contributed by atoms with Gasteiger partial charge in [0.05, 0.1) is 4.83 Å². The molecule has 0 heterocycles. The molecule has 0 aliphatic carbocycles. The fraction of sp³-hybridized carbons (Fsp3) is 0.364. The molecule has 0 saturated heterocycles. The summed E-state index contributed by atoms with van der Waals surface area (Å²) in [6, 6.07) is 4.19. The zero-order valence-corrected chi connectivity index (χ0v) is 11.2. The molecule has 1 unspecified atom stereocenters. The number of carbonyl (C=O) groups is 1. The number of benzene rings is 1. The summed E-state index contributed by atoms with van der Waals surface area (Å²) in [4.78, 5) is 12.1. The van der Waals surface area contributed by atoms with Crippen molar-refractivity contribution < 1.29 is 13.6 Å². The molecule has 0 aromatic heterocycles. The van der Waals surface area contributed by atoms with Crippen LogP contribution in [0.3, 0.4) is 0 Å². The fourth-order valence-electron chi connectivity index (χ4n) is 1.27. The van der Waals surface area contributed by atoms with Gasteiger partial charge in [-0.25, -0.2) is 8.78 Å². The van der Waals surface area contributed by atoms with Crippen molar-refractivity contribution in [3.8, 4) is 0 Å². The number of halogens is 3. The van der Waals surface area contributed by atoms with Crippen LogP contribution in [0.4, 0.5) is 8.78 Å². The van der Waals surface area contributed by atoms with Crippen LogP contribution in [0.15, 0.2) is 23.1 Å². The van der Waals surface area contributed by atoms with E-state index >= 15 is 0 Å². The van der Waals surface area contributed by atoms with Crippen LogP contribution in [-0.4, -0.2) is 16.9 Å². The van der Waals surface area contributed by atoms with Gasteiger partial charge < -0.3 is 0 Å². The van der Waals surface area contributed by atoms with Gasteiger partial charge >= 0.3 is 0 Å². The SMILES string of the molecule is CSc1ccc(C(F)F)cc1C(=O)C(C)Br. The molecular weight excluding hydrogens is 298 g/mol. The first-order valence-corrected chi connectivity index (χ1v) is 6.75. The molecule has 0 radical (unpaired) electrons. The van der Waals surface area contributed by atoms with Crippen molar-refractivity contribution >= 4 is 33.5 Å². The van der Waals surface area contributed by atoms with E-state index in [2.05, 4.69) is 15.9 Å². The van der Waals surface area contributed by atoms with Gasteiger partial charge in [-0.1, -0.05) is 22.0 Å². The van der Waals surface area contributed by atoms with Gasteiger partial charge in [0.2, 0.25) is 0 Å². The van der Waals surface area contributed by atoms with Gasteiger partial charge in [-0.2, -0.15) is 0 Å². The predicted molar refractivity (Wildman–Crippen MR) is 65.9 cm³/mol. The molecule has 0 saturated carbocycles. The third-order valence-corrected chi connectivity index (χ3v) is 3.31. The Balaban J connectivity index is 3.22. The Morgan fingerprint density at radius 3 is 2.50 bits per heavy atom. The Kier molecular flexibility index (Phi) is 4.92. The van der Waals surface area contributed by atoms with Crippen LogP contribution >= 0.6 is 27.7 Å². The molecular formula is C11H11BrF2OS. The zero-order valence-electron chi connectivity index (χ0n) is 8.84. The van der Waals surface area contributed by atoms with E-state index in [-0.39, 0.29) is 16.2 Å². The molecule has 0 aliphatic heterocycles. The van der Waals surface area contributed by atoms with Crippen molar-refractivity contribution in [3.05, 3.63) is 29.3 Å². The Bertz CT molecular complexity index is 394. The number of thioether (sulfide) groups is 1. The lowest BCUT2D eigenvalue weighted by atomic mass is 10.1. The van der Waals surface area contributed by atoms with Gasteiger partial charge in [0.25, 0.3) is 6.43 Å². The van der Waals surface area contributed by atoms with Crippen LogP contribution in [0.2, 0.25) is 0 Å². The van der Waals surface area contributed by atoms with E-state index in [1.54, 1.807) is 13.0 Å². The lowest BCUT2D eigenvalue weighted by Crippen LogP contribution is -2.11. The van der Waals surface area contributed by atoms with Gasteiger partial charge in [-0.3, -0.25) is 4.79 Å². The summed E-state index contributed by atoms with van der Waals surface area (Å²) >= 11 is 4.53. The largest absolute Gasteiger partial charge is 0.293 e. The first kappa shape index (κ1) is 13.6. The molecule has 5 heteroatoms. The van der Waals surface area contributed by atoms with Gasteiger partial charge in [0.15, 0.2) is 5.78 Å². The molecule has 16 heavy (non-hydrogen) atoms.